The van der Waals surface area contributed by atoms with E-state index in [1.54, 1.807) is 0 Å². The van der Waals surface area contributed by atoms with Gasteiger partial charge in [0.1, 0.15) is 0 Å². The second-order valence-corrected chi connectivity index (χ2v) is 2.73. The predicted octanol–water partition coefficient (Wildman–Crippen LogP) is 2.85. The largest absolute Gasteiger partial charge is 0.0622 e. The summed E-state index contributed by atoms with van der Waals surface area (Å²) >= 11 is 0.300. The van der Waals surface area contributed by atoms with E-state index in [1.165, 1.54) is 11.1 Å². The molecule has 0 aliphatic carbocycles. The fraction of sp³-hybridized carbons (Fsp3) is 0. The van der Waals surface area contributed by atoms with Crippen LogP contribution in [0, 0.1) is 0 Å². The van der Waals surface area contributed by atoms with Crippen molar-refractivity contribution in [3.8, 4) is 11.1 Å². The maximum atomic E-state index is 8.34. The molecule has 0 bridgehead atoms. The summed E-state index contributed by atoms with van der Waals surface area (Å²) < 4.78 is 8.34. The van der Waals surface area contributed by atoms with Crippen LogP contribution in [-0.2, 0) is 3.08 Å². The molecule has 0 saturated heterocycles. The van der Waals surface area contributed by atoms with Gasteiger partial charge >= 0.3 is 25.6 Å². The third-order valence-electron chi connectivity index (χ3n) is 1.88. The normalized spacial score (nSPS) is 8.57. The van der Waals surface area contributed by atoms with Crippen molar-refractivity contribution in [3.05, 3.63) is 60.7 Å². The SMILES string of the molecule is [O]=[Sn].c1ccc(-c2ccccc2)cc1. The van der Waals surface area contributed by atoms with Crippen molar-refractivity contribution in [3.63, 3.8) is 0 Å². The molecule has 0 fully saturated rings. The summed E-state index contributed by atoms with van der Waals surface area (Å²) in [6.45, 7) is 0. The monoisotopic (exact) mass is 290 g/mol. The van der Waals surface area contributed by atoms with Crippen molar-refractivity contribution in [2.24, 2.45) is 0 Å². The van der Waals surface area contributed by atoms with Gasteiger partial charge in [-0.15, -0.1) is 0 Å². The molecule has 0 atom stereocenters. The van der Waals surface area contributed by atoms with Gasteiger partial charge in [-0.05, 0) is 11.1 Å². The molecule has 2 radical (unpaired) electrons. The maximum Gasteiger partial charge on any atom is -0.0184 e. The van der Waals surface area contributed by atoms with Gasteiger partial charge in [-0.1, -0.05) is 60.7 Å². The molecule has 2 heteroatoms. The van der Waals surface area contributed by atoms with E-state index in [4.69, 9.17) is 3.08 Å². The molecule has 0 N–H and O–H groups in total. The predicted molar refractivity (Wildman–Crippen MR) is 58.3 cm³/mol. The first-order valence-corrected chi connectivity index (χ1v) is 5.44. The molecule has 14 heavy (non-hydrogen) atoms. The molecule has 0 aliphatic rings. The Labute approximate surface area is 97.3 Å². The van der Waals surface area contributed by atoms with E-state index in [0.29, 0.717) is 22.5 Å². The summed E-state index contributed by atoms with van der Waals surface area (Å²) in [5.74, 6) is 0. The van der Waals surface area contributed by atoms with Crippen LogP contribution in [0.15, 0.2) is 60.7 Å². The quantitative estimate of drug-likeness (QED) is 0.738. The van der Waals surface area contributed by atoms with Gasteiger partial charge in [0.2, 0.25) is 0 Å². The molecule has 0 aliphatic heterocycles. The van der Waals surface area contributed by atoms with Gasteiger partial charge in [-0.3, -0.25) is 0 Å². The van der Waals surface area contributed by atoms with E-state index in [9.17, 15) is 0 Å². The summed E-state index contributed by atoms with van der Waals surface area (Å²) in [6, 6.07) is 20.8. The van der Waals surface area contributed by atoms with Gasteiger partial charge in [0, 0.05) is 0 Å². The molecular weight excluding hydrogens is 279 g/mol. The molecular formula is C12H10OSn. The zero-order valence-electron chi connectivity index (χ0n) is 7.68. The van der Waals surface area contributed by atoms with Crippen LogP contribution in [0.4, 0.5) is 0 Å². The number of rotatable bonds is 1. The molecule has 0 saturated carbocycles. The van der Waals surface area contributed by atoms with Crippen molar-refractivity contribution in [1.82, 2.24) is 0 Å². The Morgan fingerprint density at radius 1 is 0.571 bits per heavy atom. The van der Waals surface area contributed by atoms with Crippen LogP contribution in [0.1, 0.15) is 0 Å². The van der Waals surface area contributed by atoms with Crippen molar-refractivity contribution < 1.29 is 3.08 Å². The fourth-order valence-corrected chi connectivity index (χ4v) is 1.26. The van der Waals surface area contributed by atoms with Crippen molar-refractivity contribution in [2.45, 2.75) is 0 Å². The van der Waals surface area contributed by atoms with E-state index < -0.39 is 0 Å². The van der Waals surface area contributed by atoms with Crippen molar-refractivity contribution in [1.29, 1.82) is 0 Å². The summed E-state index contributed by atoms with van der Waals surface area (Å²) in [5.41, 5.74) is 2.55. The minimum Gasteiger partial charge on any atom is -0.0622 e. The van der Waals surface area contributed by atoms with Crippen LogP contribution >= 0.6 is 0 Å². The van der Waals surface area contributed by atoms with Gasteiger partial charge < -0.3 is 0 Å². The molecule has 1 nitrogen and oxygen atoms in total. The molecule has 2 aromatic rings. The van der Waals surface area contributed by atoms with E-state index in [2.05, 4.69) is 48.5 Å². The smallest absolute Gasteiger partial charge is 0.0184 e. The Balaban J connectivity index is 0.000000461. The topological polar surface area (TPSA) is 17.1 Å². The Morgan fingerprint density at radius 2 is 0.857 bits per heavy atom. The summed E-state index contributed by atoms with van der Waals surface area (Å²) in [7, 11) is 0. The Bertz CT molecular complexity index is 321. The first-order valence-electron chi connectivity index (χ1n) is 4.28. The van der Waals surface area contributed by atoms with Crippen molar-refractivity contribution >= 4 is 22.5 Å². The average molecular weight is 289 g/mol. The van der Waals surface area contributed by atoms with E-state index >= 15 is 0 Å². The molecule has 0 spiro atoms. The molecule has 0 aromatic heterocycles. The van der Waals surface area contributed by atoms with E-state index in [0.717, 1.165) is 0 Å². The number of hydrogen-bond acceptors (Lipinski definition) is 1. The molecule has 0 amide bonds. The standard InChI is InChI=1S/C12H10.O.Sn/c1-3-7-11(8-4-1)12-9-5-2-6-10-12;;/h1-10H;;. The van der Waals surface area contributed by atoms with Crippen LogP contribution in [0.25, 0.3) is 11.1 Å². The third kappa shape index (κ3) is 3.07. The second-order valence-electron chi connectivity index (χ2n) is 2.73. The minimum absolute atomic E-state index is 0.300. The van der Waals surface area contributed by atoms with Crippen LogP contribution in [0.3, 0.4) is 0 Å². The Hall–Kier alpha value is -0.961. The minimum atomic E-state index is 0.300. The Kier molecular flexibility index (Phi) is 5.15. The van der Waals surface area contributed by atoms with Crippen LogP contribution in [0.2, 0.25) is 0 Å². The number of hydrogen-bond donors (Lipinski definition) is 0. The molecule has 2 aromatic carbocycles. The second kappa shape index (κ2) is 6.49. The van der Waals surface area contributed by atoms with Gasteiger partial charge in [0.05, 0.1) is 0 Å². The molecule has 0 heterocycles. The van der Waals surface area contributed by atoms with Gasteiger partial charge in [0.15, 0.2) is 0 Å². The fourth-order valence-electron chi connectivity index (χ4n) is 1.26. The van der Waals surface area contributed by atoms with Crippen LogP contribution in [-0.4, -0.2) is 22.5 Å². The van der Waals surface area contributed by atoms with E-state index in [-0.39, 0.29) is 0 Å². The van der Waals surface area contributed by atoms with Gasteiger partial charge in [0.25, 0.3) is 0 Å². The molecule has 0 unspecified atom stereocenters. The van der Waals surface area contributed by atoms with Crippen LogP contribution in [0.5, 0.6) is 0 Å². The van der Waals surface area contributed by atoms with Gasteiger partial charge in [-0.2, -0.15) is 0 Å². The molecule has 68 valence electrons. The number of benzene rings is 2. The Morgan fingerprint density at radius 3 is 1.14 bits per heavy atom. The summed E-state index contributed by atoms with van der Waals surface area (Å²) in [5, 5.41) is 0. The third-order valence-corrected chi connectivity index (χ3v) is 1.88. The zero-order valence-corrected chi connectivity index (χ0v) is 10.5. The van der Waals surface area contributed by atoms with Crippen molar-refractivity contribution in [2.75, 3.05) is 0 Å². The maximum absolute atomic E-state index is 8.34. The first kappa shape index (κ1) is 11.1. The van der Waals surface area contributed by atoms with Gasteiger partial charge in [-0.25, -0.2) is 0 Å². The zero-order chi connectivity index (χ0) is 10.2. The summed E-state index contributed by atoms with van der Waals surface area (Å²) in [6.07, 6.45) is 0. The van der Waals surface area contributed by atoms with Crippen LogP contribution < -0.4 is 0 Å². The molecule has 2 rings (SSSR count). The van der Waals surface area contributed by atoms with E-state index in [1.807, 2.05) is 12.1 Å². The average Bonchev–Trinajstić information content (AvgIpc) is 2.34. The summed E-state index contributed by atoms with van der Waals surface area (Å²) in [4.78, 5) is 0. The first-order chi connectivity index (χ1) is 6.97.